The Morgan fingerprint density at radius 3 is 2.59 bits per heavy atom. The van der Waals surface area contributed by atoms with Gasteiger partial charge in [-0.25, -0.2) is 28.9 Å². The van der Waals surface area contributed by atoms with Crippen LogP contribution in [0.5, 0.6) is 0 Å². The van der Waals surface area contributed by atoms with Crippen molar-refractivity contribution in [1.29, 1.82) is 0 Å². The van der Waals surface area contributed by atoms with Gasteiger partial charge in [-0.2, -0.15) is 13.2 Å². The first-order valence-corrected chi connectivity index (χ1v) is 9.16. The molecule has 32 heavy (non-hydrogen) atoms. The number of nitrogens with two attached hydrogens (primary N) is 1. The van der Waals surface area contributed by atoms with Gasteiger partial charge in [-0.05, 0) is 24.3 Å². The second kappa shape index (κ2) is 7.60. The Bertz CT molecular complexity index is 1420. The van der Waals surface area contributed by atoms with Crippen LogP contribution in [-0.4, -0.2) is 47.7 Å². The fourth-order valence-electron chi connectivity index (χ4n) is 3.31. The number of esters is 2. The van der Waals surface area contributed by atoms with Gasteiger partial charge in [0.05, 0.1) is 11.2 Å². The third-order valence-electron chi connectivity index (χ3n) is 4.83. The van der Waals surface area contributed by atoms with Gasteiger partial charge in [-0.15, -0.1) is 0 Å². The molecular weight excluding hydrogens is 433 g/mol. The van der Waals surface area contributed by atoms with Crippen molar-refractivity contribution < 1.29 is 27.5 Å². The number of nitrogens with zero attached hydrogens (tertiary/aromatic N) is 5. The summed E-state index contributed by atoms with van der Waals surface area (Å²) in [4.78, 5) is 44.0. The van der Waals surface area contributed by atoms with Crippen LogP contribution in [0.1, 0.15) is 5.69 Å². The van der Waals surface area contributed by atoms with Crippen molar-refractivity contribution in [3.8, 4) is 5.69 Å². The van der Waals surface area contributed by atoms with Crippen LogP contribution >= 0.6 is 0 Å². The van der Waals surface area contributed by atoms with Crippen molar-refractivity contribution >= 4 is 28.7 Å². The van der Waals surface area contributed by atoms with Crippen LogP contribution in [0.2, 0.25) is 0 Å². The average molecular weight is 448 g/mol. The molecule has 0 bridgehead atoms. The molecule has 0 fully saturated rings. The number of hydrogen-bond acceptors (Lipinski definition) is 7. The maximum Gasteiger partial charge on any atom is 0.491 e. The van der Waals surface area contributed by atoms with Gasteiger partial charge < -0.3 is 14.9 Å². The number of hydrogen-bond donors (Lipinski definition) is 1. The average Bonchev–Trinajstić information content (AvgIpc) is 3.33. The number of pyridine rings is 2. The molecule has 10 nitrogen and oxygen atoms in total. The lowest BCUT2D eigenvalue weighted by atomic mass is 10.1. The molecule has 4 rings (SSSR count). The number of fused-ring (bicyclic) bond motifs is 2. The van der Waals surface area contributed by atoms with Crippen LogP contribution in [0, 0.1) is 0 Å². The third-order valence-corrected chi connectivity index (χ3v) is 4.83. The summed E-state index contributed by atoms with van der Waals surface area (Å²) in [6, 6.07) is 5.00. The molecule has 2 N–H and O–H groups in total. The molecule has 0 saturated carbocycles. The van der Waals surface area contributed by atoms with Gasteiger partial charge in [0.2, 0.25) is 0 Å². The maximum absolute atomic E-state index is 12.8. The number of aromatic nitrogens is 5. The Balaban J connectivity index is 1.70. The quantitative estimate of drug-likeness (QED) is 0.363. The molecule has 0 unspecified atom stereocenters. The smallest absolute Gasteiger partial charge is 0.385 e. The Morgan fingerprint density at radius 1 is 1.16 bits per heavy atom. The van der Waals surface area contributed by atoms with Crippen LogP contribution in [0.15, 0.2) is 47.7 Å². The topological polar surface area (TPSA) is 127 Å². The minimum Gasteiger partial charge on any atom is -0.385 e. The summed E-state index contributed by atoms with van der Waals surface area (Å²) in [6.07, 6.45) is -1.03. The fourth-order valence-corrected chi connectivity index (χ4v) is 3.31. The molecule has 0 aliphatic heterocycles. The first-order chi connectivity index (χ1) is 15.1. The van der Waals surface area contributed by atoms with Crippen molar-refractivity contribution in [2.24, 2.45) is 12.8 Å². The number of halogens is 3. The van der Waals surface area contributed by atoms with Gasteiger partial charge in [0.15, 0.2) is 11.3 Å². The third kappa shape index (κ3) is 3.51. The molecule has 4 aromatic heterocycles. The van der Waals surface area contributed by atoms with Gasteiger partial charge in [0, 0.05) is 37.8 Å². The predicted octanol–water partition coefficient (Wildman–Crippen LogP) is 0.874. The molecule has 1 atom stereocenters. The Morgan fingerprint density at radius 2 is 1.88 bits per heavy atom. The highest BCUT2D eigenvalue weighted by molar-refractivity contribution is 5.91. The van der Waals surface area contributed by atoms with E-state index >= 15 is 0 Å². The van der Waals surface area contributed by atoms with Gasteiger partial charge >= 0.3 is 23.8 Å². The molecule has 166 valence electrons. The van der Waals surface area contributed by atoms with Crippen LogP contribution in [-0.2, 0) is 27.8 Å². The number of alkyl halides is 3. The van der Waals surface area contributed by atoms with Crippen molar-refractivity contribution in [2.45, 2.75) is 18.6 Å². The molecule has 0 aliphatic rings. The second-order valence-electron chi connectivity index (χ2n) is 6.87. The molecule has 4 heterocycles. The van der Waals surface area contributed by atoms with Crippen molar-refractivity contribution in [2.75, 3.05) is 0 Å². The summed E-state index contributed by atoms with van der Waals surface area (Å²) in [5.41, 5.74) is 7.43. The lowest BCUT2D eigenvalue weighted by Gasteiger charge is -2.14. The lowest BCUT2D eigenvalue weighted by Crippen LogP contribution is -2.39. The monoisotopic (exact) mass is 448 g/mol. The van der Waals surface area contributed by atoms with Crippen LogP contribution in [0.3, 0.4) is 0 Å². The summed E-state index contributed by atoms with van der Waals surface area (Å²) < 4.78 is 45.0. The first-order valence-electron chi connectivity index (χ1n) is 9.16. The molecule has 13 heteroatoms. The van der Waals surface area contributed by atoms with E-state index in [1.165, 1.54) is 32.0 Å². The van der Waals surface area contributed by atoms with Crippen LogP contribution in [0.4, 0.5) is 13.2 Å². The lowest BCUT2D eigenvalue weighted by molar-refractivity contribution is -0.202. The van der Waals surface area contributed by atoms with Gasteiger partial charge in [-0.1, -0.05) is 0 Å². The van der Waals surface area contributed by atoms with Gasteiger partial charge in [0.25, 0.3) is 0 Å². The molecule has 0 spiro atoms. The SMILES string of the molecule is Cn1c(=O)n(-c2ccc(C[C@H](N)C(=O)OC(=O)C(F)(F)F)n3ccnc23)c2ncccc21. The van der Waals surface area contributed by atoms with E-state index < -0.39 is 24.2 Å². The molecule has 0 saturated heterocycles. The molecule has 0 amide bonds. The predicted molar refractivity (Wildman–Crippen MR) is 104 cm³/mol. The summed E-state index contributed by atoms with van der Waals surface area (Å²) >= 11 is 0. The zero-order chi connectivity index (χ0) is 23.2. The van der Waals surface area contributed by atoms with E-state index in [1.54, 1.807) is 31.4 Å². The van der Waals surface area contributed by atoms with E-state index in [2.05, 4.69) is 14.7 Å². The highest BCUT2D eigenvalue weighted by Gasteiger charge is 2.43. The van der Waals surface area contributed by atoms with E-state index in [0.717, 1.165) is 0 Å². The zero-order valence-electron chi connectivity index (χ0n) is 16.4. The number of ether oxygens (including phenoxy) is 1. The Labute approximate surface area is 176 Å². The largest absolute Gasteiger partial charge is 0.491 e. The summed E-state index contributed by atoms with van der Waals surface area (Å²) in [5.74, 6) is -4.15. The molecule has 4 aromatic rings. The Kier molecular flexibility index (Phi) is 5.05. The van der Waals surface area contributed by atoms with E-state index in [-0.39, 0.29) is 12.1 Å². The number of rotatable bonds is 4. The van der Waals surface area contributed by atoms with Crippen molar-refractivity contribution in [3.63, 3.8) is 0 Å². The minimum atomic E-state index is -5.31. The number of aryl methyl sites for hydroxylation is 1. The molecular formula is C19H15F3N6O4. The molecule has 0 aromatic carbocycles. The summed E-state index contributed by atoms with van der Waals surface area (Å²) in [7, 11) is 1.60. The molecule has 0 radical (unpaired) electrons. The standard InChI is InChI=1S/C19H15F3N6O4/c1-26-12-3-2-6-24-15(12)28(18(26)31)13-5-4-10(27-8-7-25-14(13)27)9-11(23)16(29)32-17(30)19(20,21)22/h2-8,11H,9,23H2,1H3/t11-/m0/s1. The normalized spacial score (nSPS) is 12.9. The summed E-state index contributed by atoms with van der Waals surface area (Å²) in [6.45, 7) is 0. The van der Waals surface area contributed by atoms with E-state index in [1.807, 2.05) is 0 Å². The maximum atomic E-state index is 12.8. The van der Waals surface area contributed by atoms with Crippen molar-refractivity contribution in [3.05, 3.63) is 59.0 Å². The second-order valence-corrected chi connectivity index (χ2v) is 6.87. The summed E-state index contributed by atoms with van der Waals surface area (Å²) in [5, 5.41) is 0. The number of imidazole rings is 2. The van der Waals surface area contributed by atoms with Crippen LogP contribution in [0.25, 0.3) is 22.5 Å². The number of carbonyl (C=O) groups excluding carboxylic acids is 2. The van der Waals surface area contributed by atoms with Crippen molar-refractivity contribution in [1.82, 2.24) is 23.5 Å². The minimum absolute atomic E-state index is 0.250. The van der Waals surface area contributed by atoms with E-state index in [9.17, 15) is 27.6 Å². The number of carbonyl (C=O) groups is 2. The van der Waals surface area contributed by atoms with Gasteiger partial charge in [-0.3, -0.25) is 4.57 Å². The zero-order valence-corrected chi connectivity index (χ0v) is 16.4. The highest BCUT2D eigenvalue weighted by atomic mass is 19.4. The Hall–Kier alpha value is -4.00. The highest BCUT2D eigenvalue weighted by Crippen LogP contribution is 2.21. The van der Waals surface area contributed by atoms with E-state index in [0.29, 0.717) is 28.2 Å². The first kappa shape index (κ1) is 21.2. The van der Waals surface area contributed by atoms with E-state index in [4.69, 9.17) is 5.73 Å². The van der Waals surface area contributed by atoms with Gasteiger partial charge in [0.1, 0.15) is 6.04 Å². The molecule has 0 aliphatic carbocycles. The van der Waals surface area contributed by atoms with Crippen LogP contribution < -0.4 is 11.4 Å². The fraction of sp³-hybridized carbons (Fsp3) is 0.211.